The summed E-state index contributed by atoms with van der Waals surface area (Å²) in [5, 5.41) is 3.38. The molecule has 2 fully saturated rings. The molecule has 0 aromatic heterocycles. The summed E-state index contributed by atoms with van der Waals surface area (Å²) in [4.78, 5) is 2.34. The predicted octanol–water partition coefficient (Wildman–Crippen LogP) is 2.11. The van der Waals surface area contributed by atoms with E-state index in [1.165, 1.54) is 0 Å². The van der Waals surface area contributed by atoms with Gasteiger partial charge in [-0.3, -0.25) is 0 Å². The Kier molecular flexibility index (Phi) is 3.80. The summed E-state index contributed by atoms with van der Waals surface area (Å²) in [7, 11) is 0. The maximum Gasteiger partial charge on any atom is 0.248 e. The number of alkyl halides is 2. The number of hydrogen-bond donors (Lipinski definition) is 1. The molecule has 2 rings (SSSR count). The number of rotatable bonds is 2. The first-order valence-electron chi connectivity index (χ1n) is 6.39. The fourth-order valence-corrected chi connectivity index (χ4v) is 2.97. The average Bonchev–Trinajstić information content (AvgIpc) is 2.15. The van der Waals surface area contributed by atoms with Crippen LogP contribution < -0.4 is 5.32 Å². The van der Waals surface area contributed by atoms with Crippen LogP contribution in [-0.2, 0) is 0 Å². The van der Waals surface area contributed by atoms with Crippen molar-refractivity contribution in [1.29, 1.82) is 0 Å². The van der Waals surface area contributed by atoms with Crippen LogP contribution in [0.3, 0.4) is 0 Å². The number of piperazine rings is 1. The van der Waals surface area contributed by atoms with Crippen LogP contribution in [-0.4, -0.2) is 43.0 Å². The summed E-state index contributed by atoms with van der Waals surface area (Å²) in [6, 6.07) is 0.498. The second kappa shape index (κ2) is 4.96. The van der Waals surface area contributed by atoms with Crippen LogP contribution in [0.15, 0.2) is 0 Å². The first kappa shape index (κ1) is 12.2. The molecule has 1 N–H and O–H groups in total. The van der Waals surface area contributed by atoms with Gasteiger partial charge >= 0.3 is 0 Å². The molecule has 0 aromatic carbocycles. The van der Waals surface area contributed by atoms with Crippen LogP contribution in [0.5, 0.6) is 0 Å². The van der Waals surface area contributed by atoms with E-state index < -0.39 is 5.92 Å². The van der Waals surface area contributed by atoms with Gasteiger partial charge in [-0.15, -0.1) is 0 Å². The molecule has 4 heteroatoms. The fraction of sp³-hybridized carbons (Fsp3) is 1.00. The van der Waals surface area contributed by atoms with Crippen LogP contribution in [0, 0.1) is 5.92 Å². The van der Waals surface area contributed by atoms with Gasteiger partial charge in [-0.05, 0) is 25.7 Å². The van der Waals surface area contributed by atoms with Crippen LogP contribution in [0.1, 0.15) is 32.6 Å². The molecule has 0 aromatic rings. The van der Waals surface area contributed by atoms with Gasteiger partial charge in [0.05, 0.1) is 0 Å². The van der Waals surface area contributed by atoms with E-state index in [4.69, 9.17) is 0 Å². The van der Waals surface area contributed by atoms with Crippen molar-refractivity contribution in [2.24, 2.45) is 5.92 Å². The molecule has 0 spiro atoms. The lowest BCUT2D eigenvalue weighted by atomic mass is 9.86. The molecule has 2 aliphatic rings. The molecule has 2 nitrogen and oxygen atoms in total. The van der Waals surface area contributed by atoms with Crippen molar-refractivity contribution >= 4 is 0 Å². The topological polar surface area (TPSA) is 15.3 Å². The Morgan fingerprint density at radius 3 is 2.94 bits per heavy atom. The first-order valence-corrected chi connectivity index (χ1v) is 6.39. The standard InChI is InChI=1S/C12H22F2N2/c1-10-8-16(6-5-15-10)9-11-3-2-4-12(13,14)7-11/h10-11,15H,2-9H2,1H3. The molecule has 0 amide bonds. The second-order valence-corrected chi connectivity index (χ2v) is 5.43. The van der Waals surface area contributed by atoms with Crippen LogP contribution in [0.25, 0.3) is 0 Å². The van der Waals surface area contributed by atoms with E-state index >= 15 is 0 Å². The van der Waals surface area contributed by atoms with Gasteiger partial charge in [-0.1, -0.05) is 0 Å². The molecule has 94 valence electrons. The molecule has 2 atom stereocenters. The Hall–Kier alpha value is -0.220. The quantitative estimate of drug-likeness (QED) is 0.784. The van der Waals surface area contributed by atoms with Gasteiger partial charge in [-0.2, -0.15) is 0 Å². The molecule has 16 heavy (non-hydrogen) atoms. The van der Waals surface area contributed by atoms with Gasteiger partial charge in [0.15, 0.2) is 0 Å². The van der Waals surface area contributed by atoms with Gasteiger partial charge in [0.2, 0.25) is 5.92 Å². The van der Waals surface area contributed by atoms with Crippen molar-refractivity contribution in [2.75, 3.05) is 26.2 Å². The molecule has 1 aliphatic heterocycles. The van der Waals surface area contributed by atoms with Crippen molar-refractivity contribution in [3.8, 4) is 0 Å². The Bertz CT molecular complexity index is 233. The van der Waals surface area contributed by atoms with E-state index in [2.05, 4.69) is 17.1 Å². The Morgan fingerprint density at radius 1 is 1.44 bits per heavy atom. The third-order valence-corrected chi connectivity index (χ3v) is 3.71. The minimum Gasteiger partial charge on any atom is -0.312 e. The van der Waals surface area contributed by atoms with E-state index in [9.17, 15) is 8.78 Å². The zero-order valence-corrected chi connectivity index (χ0v) is 10.0. The van der Waals surface area contributed by atoms with Crippen molar-refractivity contribution < 1.29 is 8.78 Å². The average molecular weight is 232 g/mol. The van der Waals surface area contributed by atoms with E-state index in [1.54, 1.807) is 0 Å². The third-order valence-electron chi connectivity index (χ3n) is 3.71. The van der Waals surface area contributed by atoms with Crippen molar-refractivity contribution in [3.05, 3.63) is 0 Å². The maximum absolute atomic E-state index is 13.3. The SMILES string of the molecule is CC1CN(CC2CCCC(F)(F)C2)CCN1. The smallest absolute Gasteiger partial charge is 0.248 e. The van der Waals surface area contributed by atoms with Crippen LogP contribution >= 0.6 is 0 Å². The minimum absolute atomic E-state index is 0.0987. The normalized spacial score (nSPS) is 36.2. The molecule has 1 heterocycles. The molecule has 1 saturated carbocycles. The van der Waals surface area contributed by atoms with Gasteiger partial charge < -0.3 is 10.2 Å². The highest BCUT2D eigenvalue weighted by Gasteiger charge is 2.36. The molecule has 1 saturated heterocycles. The maximum atomic E-state index is 13.3. The summed E-state index contributed by atoms with van der Waals surface area (Å²) in [5.41, 5.74) is 0. The van der Waals surface area contributed by atoms with Gasteiger partial charge in [-0.25, -0.2) is 8.78 Å². The van der Waals surface area contributed by atoms with Gasteiger partial charge in [0, 0.05) is 45.1 Å². The van der Waals surface area contributed by atoms with Gasteiger partial charge in [0.1, 0.15) is 0 Å². The van der Waals surface area contributed by atoms with Crippen LogP contribution in [0.2, 0.25) is 0 Å². The van der Waals surface area contributed by atoms with E-state index in [1.807, 2.05) is 0 Å². The number of nitrogens with one attached hydrogen (secondary N) is 1. The zero-order valence-electron chi connectivity index (χ0n) is 10.0. The Labute approximate surface area is 96.4 Å². The summed E-state index contributed by atoms with van der Waals surface area (Å²) < 4.78 is 26.5. The summed E-state index contributed by atoms with van der Waals surface area (Å²) in [6.07, 6.45) is 1.87. The third kappa shape index (κ3) is 3.39. The van der Waals surface area contributed by atoms with Crippen molar-refractivity contribution in [1.82, 2.24) is 10.2 Å². The van der Waals surface area contributed by atoms with E-state index in [0.29, 0.717) is 12.5 Å². The lowest BCUT2D eigenvalue weighted by molar-refractivity contribution is -0.0576. The molecule has 1 aliphatic carbocycles. The monoisotopic (exact) mass is 232 g/mol. The molecule has 2 unspecified atom stereocenters. The first-order chi connectivity index (χ1) is 7.55. The Morgan fingerprint density at radius 2 is 2.25 bits per heavy atom. The summed E-state index contributed by atoms with van der Waals surface area (Å²) >= 11 is 0. The highest BCUT2D eigenvalue weighted by molar-refractivity contribution is 4.83. The van der Waals surface area contributed by atoms with Crippen molar-refractivity contribution in [3.63, 3.8) is 0 Å². The van der Waals surface area contributed by atoms with E-state index in [0.717, 1.165) is 32.6 Å². The lowest BCUT2D eigenvalue weighted by Crippen LogP contribution is -2.50. The largest absolute Gasteiger partial charge is 0.312 e. The van der Waals surface area contributed by atoms with E-state index in [-0.39, 0.29) is 18.8 Å². The summed E-state index contributed by atoms with van der Waals surface area (Å²) in [6.45, 7) is 6.02. The summed E-state index contributed by atoms with van der Waals surface area (Å²) in [5.74, 6) is -2.20. The second-order valence-electron chi connectivity index (χ2n) is 5.43. The number of nitrogens with zero attached hydrogens (tertiary/aromatic N) is 1. The molecular weight excluding hydrogens is 210 g/mol. The highest BCUT2D eigenvalue weighted by Crippen LogP contribution is 2.36. The zero-order chi connectivity index (χ0) is 11.6. The van der Waals surface area contributed by atoms with Gasteiger partial charge in [0.25, 0.3) is 0 Å². The predicted molar refractivity (Wildman–Crippen MR) is 60.8 cm³/mol. The minimum atomic E-state index is -2.40. The molecule has 0 bridgehead atoms. The molecular formula is C12H22F2N2. The fourth-order valence-electron chi connectivity index (χ4n) is 2.97. The Balaban J connectivity index is 1.80. The van der Waals surface area contributed by atoms with Crippen LogP contribution in [0.4, 0.5) is 8.78 Å². The molecule has 0 radical (unpaired) electrons. The number of halogens is 2. The lowest BCUT2D eigenvalue weighted by Gasteiger charge is -2.37. The number of hydrogen-bond acceptors (Lipinski definition) is 2. The van der Waals surface area contributed by atoms with Crippen molar-refractivity contribution in [2.45, 2.75) is 44.6 Å². The highest BCUT2D eigenvalue weighted by atomic mass is 19.3.